The van der Waals surface area contributed by atoms with Gasteiger partial charge in [-0.1, -0.05) is 0 Å². The van der Waals surface area contributed by atoms with Gasteiger partial charge >= 0.3 is 0 Å². The summed E-state index contributed by atoms with van der Waals surface area (Å²) in [4.78, 5) is 22.6. The molecule has 0 aliphatic carbocycles. The number of ketones is 1. The first-order chi connectivity index (χ1) is 15.5. The van der Waals surface area contributed by atoms with Gasteiger partial charge in [-0.15, -0.1) is 0 Å². The highest BCUT2D eigenvalue weighted by atomic mass is 32.2. The van der Waals surface area contributed by atoms with Gasteiger partial charge in [-0.3, -0.25) is 4.79 Å². The molecule has 0 spiro atoms. The predicted octanol–water partition coefficient (Wildman–Crippen LogP) is 3.45. The van der Waals surface area contributed by atoms with Crippen molar-refractivity contribution in [2.45, 2.75) is 56.4 Å². The van der Waals surface area contributed by atoms with Crippen LogP contribution in [0.3, 0.4) is 0 Å². The standard InChI is InChI=1S/C22H27F3N4O3S/c1-16(2)29(33(31,32)20-7-3-17(23)4-8-20)14-19(30)6-5-18-13-21(27-15-26-18)28-11-9-22(24,25)10-12-28/h3-4,7-8,13,15-16H,5-6,9-12,14H2,1-2H3. The van der Waals surface area contributed by atoms with E-state index in [0.29, 0.717) is 11.5 Å². The number of hydrogen-bond donors (Lipinski definition) is 0. The summed E-state index contributed by atoms with van der Waals surface area (Å²) in [5, 5.41) is 0. The second kappa shape index (κ2) is 10.2. The van der Waals surface area contributed by atoms with E-state index in [1.54, 1.807) is 24.8 Å². The second-order valence-electron chi connectivity index (χ2n) is 8.35. The summed E-state index contributed by atoms with van der Waals surface area (Å²) < 4.78 is 66.9. The number of carbonyl (C=O) groups excluding carboxylic acids is 1. The SMILES string of the molecule is CC(C)N(CC(=O)CCc1cc(N2CCC(F)(F)CC2)ncn1)S(=O)(=O)c1ccc(F)cc1. The van der Waals surface area contributed by atoms with Crippen LogP contribution in [0.25, 0.3) is 0 Å². The van der Waals surface area contributed by atoms with Crippen LogP contribution in [0.2, 0.25) is 0 Å². The largest absolute Gasteiger partial charge is 0.356 e. The Morgan fingerprint density at radius 2 is 1.79 bits per heavy atom. The van der Waals surface area contributed by atoms with Gasteiger partial charge in [0, 0.05) is 50.2 Å². The number of halogens is 3. The monoisotopic (exact) mass is 484 g/mol. The maximum Gasteiger partial charge on any atom is 0.251 e. The van der Waals surface area contributed by atoms with Gasteiger partial charge in [-0.25, -0.2) is 31.6 Å². The van der Waals surface area contributed by atoms with Crippen molar-refractivity contribution in [3.8, 4) is 0 Å². The third-order valence-electron chi connectivity index (χ3n) is 5.52. The molecule has 1 aliphatic rings. The minimum absolute atomic E-state index is 0.0523. The minimum atomic E-state index is -3.97. The Bertz CT molecular complexity index is 1070. The van der Waals surface area contributed by atoms with Crippen molar-refractivity contribution >= 4 is 21.6 Å². The molecule has 33 heavy (non-hydrogen) atoms. The first-order valence-corrected chi connectivity index (χ1v) is 12.1. The van der Waals surface area contributed by atoms with Crippen LogP contribution in [0.15, 0.2) is 41.6 Å². The zero-order chi connectivity index (χ0) is 24.2. The number of Topliss-reactive ketones (excluding diaryl/α,β-unsaturated/α-hetero) is 1. The zero-order valence-corrected chi connectivity index (χ0v) is 19.4. The summed E-state index contributed by atoms with van der Waals surface area (Å²) in [5.74, 6) is -2.98. The molecule has 1 fully saturated rings. The number of anilines is 1. The van der Waals surface area contributed by atoms with Gasteiger partial charge in [-0.2, -0.15) is 4.31 Å². The van der Waals surface area contributed by atoms with E-state index in [9.17, 15) is 26.4 Å². The Morgan fingerprint density at radius 3 is 2.39 bits per heavy atom. The predicted molar refractivity (Wildman–Crippen MR) is 117 cm³/mol. The summed E-state index contributed by atoms with van der Waals surface area (Å²) in [5.41, 5.74) is 0.572. The highest BCUT2D eigenvalue weighted by molar-refractivity contribution is 7.89. The number of aryl methyl sites for hydroxylation is 1. The smallest absolute Gasteiger partial charge is 0.251 e. The van der Waals surface area contributed by atoms with Crippen LogP contribution in [-0.4, -0.2) is 60.1 Å². The van der Waals surface area contributed by atoms with Crippen LogP contribution < -0.4 is 4.90 Å². The third-order valence-corrected chi connectivity index (χ3v) is 7.55. The molecule has 1 aromatic heterocycles. The topological polar surface area (TPSA) is 83.5 Å². The summed E-state index contributed by atoms with van der Waals surface area (Å²) in [6.07, 6.45) is 1.18. The van der Waals surface area contributed by atoms with Crippen molar-refractivity contribution in [2.75, 3.05) is 24.5 Å². The van der Waals surface area contributed by atoms with Gasteiger partial charge in [0.15, 0.2) is 0 Å². The van der Waals surface area contributed by atoms with E-state index in [4.69, 9.17) is 0 Å². The van der Waals surface area contributed by atoms with Crippen LogP contribution in [0, 0.1) is 5.82 Å². The van der Waals surface area contributed by atoms with Crippen LogP contribution in [-0.2, 0) is 21.2 Å². The number of alkyl halides is 2. The Balaban J connectivity index is 1.62. The number of nitrogens with zero attached hydrogens (tertiary/aromatic N) is 4. The van der Waals surface area contributed by atoms with Crippen molar-refractivity contribution in [1.29, 1.82) is 0 Å². The summed E-state index contributed by atoms with van der Waals surface area (Å²) in [6, 6.07) is 5.65. The highest BCUT2D eigenvalue weighted by Crippen LogP contribution is 2.29. The van der Waals surface area contributed by atoms with E-state index in [-0.39, 0.29) is 56.0 Å². The first-order valence-electron chi connectivity index (χ1n) is 10.7. The molecule has 0 saturated carbocycles. The Labute approximate surface area is 191 Å². The van der Waals surface area contributed by atoms with E-state index in [1.807, 2.05) is 0 Å². The maximum atomic E-state index is 13.4. The lowest BCUT2D eigenvalue weighted by atomic mass is 10.1. The van der Waals surface area contributed by atoms with E-state index < -0.39 is 27.8 Å². The molecule has 0 amide bonds. The normalized spacial score (nSPS) is 16.4. The molecule has 0 unspecified atom stereocenters. The van der Waals surface area contributed by atoms with Gasteiger partial charge < -0.3 is 4.90 Å². The lowest BCUT2D eigenvalue weighted by Gasteiger charge is -2.32. The molecule has 0 N–H and O–H groups in total. The fourth-order valence-electron chi connectivity index (χ4n) is 3.57. The first kappa shape index (κ1) is 25.1. The molecule has 0 radical (unpaired) electrons. The molecule has 1 aromatic carbocycles. The molecular weight excluding hydrogens is 457 g/mol. The van der Waals surface area contributed by atoms with Gasteiger partial charge in [0.25, 0.3) is 5.92 Å². The maximum absolute atomic E-state index is 13.4. The highest BCUT2D eigenvalue weighted by Gasteiger charge is 2.34. The number of sulfonamides is 1. The Hall–Kier alpha value is -2.53. The van der Waals surface area contributed by atoms with E-state index in [2.05, 4.69) is 9.97 Å². The number of carbonyl (C=O) groups is 1. The van der Waals surface area contributed by atoms with Gasteiger partial charge in [0.1, 0.15) is 23.7 Å². The number of aromatic nitrogens is 2. The van der Waals surface area contributed by atoms with Crippen LogP contribution in [0.1, 0.15) is 38.8 Å². The molecule has 1 aliphatic heterocycles. The molecule has 11 heteroatoms. The van der Waals surface area contributed by atoms with E-state index >= 15 is 0 Å². The van der Waals surface area contributed by atoms with Gasteiger partial charge in [-0.05, 0) is 44.5 Å². The lowest BCUT2D eigenvalue weighted by Crippen LogP contribution is -2.40. The minimum Gasteiger partial charge on any atom is -0.356 e. The molecule has 0 bridgehead atoms. The summed E-state index contributed by atoms with van der Waals surface area (Å²) in [6.45, 7) is 3.37. The third kappa shape index (κ3) is 6.50. The second-order valence-corrected chi connectivity index (χ2v) is 10.2. The van der Waals surface area contributed by atoms with Gasteiger partial charge in [0.2, 0.25) is 10.0 Å². The van der Waals surface area contributed by atoms with Crippen LogP contribution in [0.4, 0.5) is 19.0 Å². The fraction of sp³-hybridized carbons (Fsp3) is 0.500. The number of rotatable bonds is 9. The Kier molecular flexibility index (Phi) is 7.73. The number of piperidine rings is 1. The summed E-state index contributed by atoms with van der Waals surface area (Å²) in [7, 11) is -3.97. The van der Waals surface area contributed by atoms with Crippen molar-refractivity contribution in [3.63, 3.8) is 0 Å². The molecule has 3 rings (SSSR count). The quantitative estimate of drug-likeness (QED) is 0.542. The van der Waals surface area contributed by atoms with E-state index in [0.717, 1.165) is 16.4 Å². The number of hydrogen-bond acceptors (Lipinski definition) is 6. The van der Waals surface area contributed by atoms with Crippen molar-refractivity contribution in [2.24, 2.45) is 0 Å². The van der Waals surface area contributed by atoms with Crippen molar-refractivity contribution in [1.82, 2.24) is 14.3 Å². The van der Waals surface area contributed by atoms with Crippen molar-refractivity contribution < 1.29 is 26.4 Å². The molecular formula is C22H27F3N4O3S. The fourth-order valence-corrected chi connectivity index (χ4v) is 5.19. The molecule has 2 aromatic rings. The van der Waals surface area contributed by atoms with E-state index in [1.165, 1.54) is 18.5 Å². The lowest BCUT2D eigenvalue weighted by molar-refractivity contribution is -0.119. The molecule has 180 valence electrons. The summed E-state index contributed by atoms with van der Waals surface area (Å²) >= 11 is 0. The van der Waals surface area contributed by atoms with Gasteiger partial charge in [0.05, 0.1) is 11.4 Å². The average molecular weight is 485 g/mol. The average Bonchev–Trinajstić information content (AvgIpc) is 2.76. The zero-order valence-electron chi connectivity index (χ0n) is 18.5. The van der Waals surface area contributed by atoms with Crippen molar-refractivity contribution in [3.05, 3.63) is 48.2 Å². The molecule has 2 heterocycles. The molecule has 7 nitrogen and oxygen atoms in total. The molecule has 1 saturated heterocycles. The molecule has 0 atom stereocenters. The van der Waals surface area contributed by atoms with Crippen LogP contribution >= 0.6 is 0 Å². The Morgan fingerprint density at radius 1 is 1.15 bits per heavy atom. The van der Waals surface area contributed by atoms with Crippen LogP contribution in [0.5, 0.6) is 0 Å². The number of benzene rings is 1.